The highest BCUT2D eigenvalue weighted by atomic mass is 16.5. The predicted octanol–water partition coefficient (Wildman–Crippen LogP) is 2.20. The SMILES string of the molecule is Cc1ccc(OCC2CCN(C(=O)c3cccc(C#N)c3)C2)nn1. The minimum Gasteiger partial charge on any atom is -0.476 e. The Morgan fingerprint density at radius 3 is 3.00 bits per heavy atom. The molecule has 0 saturated carbocycles. The fourth-order valence-corrected chi connectivity index (χ4v) is 2.72. The molecule has 1 aliphatic heterocycles. The Balaban J connectivity index is 1.55. The predicted molar refractivity (Wildman–Crippen MR) is 87.4 cm³/mol. The summed E-state index contributed by atoms with van der Waals surface area (Å²) in [4.78, 5) is 14.3. The molecule has 2 heterocycles. The van der Waals surface area contributed by atoms with Gasteiger partial charge in [-0.25, -0.2) is 0 Å². The van der Waals surface area contributed by atoms with E-state index in [1.807, 2.05) is 17.9 Å². The van der Waals surface area contributed by atoms with Crippen molar-refractivity contribution in [1.82, 2.24) is 15.1 Å². The number of ether oxygens (including phenoxy) is 1. The molecule has 1 aromatic heterocycles. The lowest BCUT2D eigenvalue weighted by Gasteiger charge is -2.17. The van der Waals surface area contributed by atoms with Gasteiger partial charge in [-0.15, -0.1) is 5.10 Å². The zero-order valence-corrected chi connectivity index (χ0v) is 13.5. The lowest BCUT2D eigenvalue weighted by atomic mass is 10.1. The second-order valence-corrected chi connectivity index (χ2v) is 5.92. The number of carbonyl (C=O) groups excluding carboxylic acids is 1. The Morgan fingerprint density at radius 2 is 2.25 bits per heavy atom. The molecule has 1 saturated heterocycles. The molecule has 2 aromatic rings. The van der Waals surface area contributed by atoms with Crippen molar-refractivity contribution in [2.24, 2.45) is 5.92 Å². The molecule has 0 aliphatic carbocycles. The van der Waals surface area contributed by atoms with E-state index < -0.39 is 0 Å². The first-order valence-corrected chi connectivity index (χ1v) is 7.88. The second kappa shape index (κ2) is 7.09. The van der Waals surface area contributed by atoms with Gasteiger partial charge >= 0.3 is 0 Å². The maximum atomic E-state index is 12.5. The number of benzene rings is 1. The van der Waals surface area contributed by atoms with Crippen molar-refractivity contribution in [1.29, 1.82) is 5.26 Å². The van der Waals surface area contributed by atoms with Crippen LogP contribution in [0, 0.1) is 24.2 Å². The van der Waals surface area contributed by atoms with Crippen LogP contribution in [0.5, 0.6) is 5.88 Å². The zero-order chi connectivity index (χ0) is 16.9. The van der Waals surface area contributed by atoms with Crippen molar-refractivity contribution in [3.63, 3.8) is 0 Å². The quantitative estimate of drug-likeness (QED) is 0.862. The number of hydrogen-bond acceptors (Lipinski definition) is 5. The average molecular weight is 322 g/mol. The van der Waals surface area contributed by atoms with Crippen LogP contribution in [0.25, 0.3) is 0 Å². The van der Waals surface area contributed by atoms with Crippen LogP contribution >= 0.6 is 0 Å². The van der Waals surface area contributed by atoms with Crippen molar-refractivity contribution < 1.29 is 9.53 Å². The van der Waals surface area contributed by atoms with Gasteiger partial charge in [0.05, 0.1) is 23.9 Å². The van der Waals surface area contributed by atoms with Gasteiger partial charge in [0.15, 0.2) is 0 Å². The van der Waals surface area contributed by atoms with E-state index in [0.29, 0.717) is 36.7 Å². The van der Waals surface area contributed by atoms with Gasteiger partial charge in [0.2, 0.25) is 5.88 Å². The number of amides is 1. The van der Waals surface area contributed by atoms with Gasteiger partial charge < -0.3 is 9.64 Å². The number of nitrogens with zero attached hydrogens (tertiary/aromatic N) is 4. The molecule has 1 unspecified atom stereocenters. The number of aromatic nitrogens is 2. The van der Waals surface area contributed by atoms with Gasteiger partial charge in [0, 0.05) is 30.6 Å². The summed E-state index contributed by atoms with van der Waals surface area (Å²) in [6.45, 7) is 3.73. The summed E-state index contributed by atoms with van der Waals surface area (Å²) < 4.78 is 5.66. The highest BCUT2D eigenvalue weighted by Crippen LogP contribution is 2.20. The molecule has 1 aliphatic rings. The van der Waals surface area contributed by atoms with E-state index in [0.717, 1.165) is 12.1 Å². The number of carbonyl (C=O) groups is 1. The Hall–Kier alpha value is -2.94. The van der Waals surface area contributed by atoms with Gasteiger partial charge in [-0.05, 0) is 37.6 Å². The van der Waals surface area contributed by atoms with Crippen molar-refractivity contribution >= 4 is 5.91 Å². The van der Waals surface area contributed by atoms with E-state index in [9.17, 15) is 4.79 Å². The standard InChI is InChI=1S/C18H18N4O2/c1-13-5-6-17(21-20-13)24-12-15-7-8-22(11-15)18(23)16-4-2-3-14(9-16)10-19/h2-6,9,15H,7-8,11-12H2,1H3. The van der Waals surface area contributed by atoms with Crippen LogP contribution in [0.4, 0.5) is 0 Å². The molecule has 0 N–H and O–H groups in total. The van der Waals surface area contributed by atoms with Crippen LogP contribution < -0.4 is 4.74 Å². The number of hydrogen-bond donors (Lipinski definition) is 0. The fraction of sp³-hybridized carbons (Fsp3) is 0.333. The van der Waals surface area contributed by atoms with Crippen LogP contribution in [0.15, 0.2) is 36.4 Å². The maximum Gasteiger partial charge on any atom is 0.253 e. The van der Waals surface area contributed by atoms with Crippen LogP contribution in [0.3, 0.4) is 0 Å². The summed E-state index contributed by atoms with van der Waals surface area (Å²) in [5.41, 5.74) is 1.90. The molecule has 1 aromatic carbocycles. The summed E-state index contributed by atoms with van der Waals surface area (Å²) in [6.07, 6.45) is 0.892. The van der Waals surface area contributed by atoms with E-state index >= 15 is 0 Å². The summed E-state index contributed by atoms with van der Waals surface area (Å²) in [5, 5.41) is 16.9. The first-order valence-electron chi connectivity index (χ1n) is 7.88. The van der Waals surface area contributed by atoms with Gasteiger partial charge in [0.1, 0.15) is 0 Å². The number of likely N-dealkylation sites (tertiary alicyclic amines) is 1. The monoisotopic (exact) mass is 322 g/mol. The highest BCUT2D eigenvalue weighted by molar-refractivity contribution is 5.94. The lowest BCUT2D eigenvalue weighted by molar-refractivity contribution is 0.0782. The molecule has 0 spiro atoms. The normalized spacial score (nSPS) is 16.7. The first kappa shape index (κ1) is 15.9. The smallest absolute Gasteiger partial charge is 0.253 e. The van der Waals surface area contributed by atoms with Crippen molar-refractivity contribution in [2.45, 2.75) is 13.3 Å². The molecule has 1 amide bonds. The summed E-state index contributed by atoms with van der Waals surface area (Å²) in [7, 11) is 0. The molecule has 122 valence electrons. The topological polar surface area (TPSA) is 79.1 Å². The van der Waals surface area contributed by atoms with Crippen LogP contribution in [-0.2, 0) is 0 Å². The summed E-state index contributed by atoms with van der Waals surface area (Å²) in [6, 6.07) is 12.5. The Morgan fingerprint density at radius 1 is 1.38 bits per heavy atom. The molecule has 24 heavy (non-hydrogen) atoms. The van der Waals surface area contributed by atoms with Crippen molar-refractivity contribution in [2.75, 3.05) is 19.7 Å². The Bertz CT molecular complexity index is 767. The van der Waals surface area contributed by atoms with Gasteiger partial charge in [0.25, 0.3) is 5.91 Å². The highest BCUT2D eigenvalue weighted by Gasteiger charge is 2.27. The fourth-order valence-electron chi connectivity index (χ4n) is 2.72. The van der Waals surface area contributed by atoms with Crippen molar-refractivity contribution in [3.8, 4) is 11.9 Å². The number of rotatable bonds is 4. The molecule has 1 atom stereocenters. The van der Waals surface area contributed by atoms with E-state index in [1.165, 1.54) is 0 Å². The third-order valence-electron chi connectivity index (χ3n) is 4.05. The molecule has 0 radical (unpaired) electrons. The minimum atomic E-state index is -0.0373. The van der Waals surface area contributed by atoms with Crippen molar-refractivity contribution in [3.05, 3.63) is 53.2 Å². The third kappa shape index (κ3) is 3.69. The summed E-state index contributed by atoms with van der Waals surface area (Å²) in [5.74, 6) is 0.744. The van der Waals surface area contributed by atoms with Crippen LogP contribution in [0.1, 0.15) is 28.0 Å². The Kier molecular flexibility index (Phi) is 4.71. The number of aryl methyl sites for hydroxylation is 1. The largest absolute Gasteiger partial charge is 0.476 e. The minimum absolute atomic E-state index is 0.0373. The average Bonchev–Trinajstić information content (AvgIpc) is 3.09. The van der Waals surface area contributed by atoms with E-state index in [4.69, 9.17) is 10.00 Å². The molecule has 0 bridgehead atoms. The lowest BCUT2D eigenvalue weighted by Crippen LogP contribution is -2.29. The maximum absolute atomic E-state index is 12.5. The van der Waals surface area contributed by atoms with Crippen LogP contribution in [0.2, 0.25) is 0 Å². The molecule has 6 heteroatoms. The molecular formula is C18H18N4O2. The third-order valence-corrected chi connectivity index (χ3v) is 4.05. The first-order chi connectivity index (χ1) is 11.7. The van der Waals surface area contributed by atoms with Gasteiger partial charge in [-0.2, -0.15) is 10.4 Å². The van der Waals surface area contributed by atoms with Crippen LogP contribution in [-0.4, -0.2) is 40.7 Å². The molecule has 1 fully saturated rings. The summed E-state index contributed by atoms with van der Waals surface area (Å²) >= 11 is 0. The van der Waals surface area contributed by atoms with E-state index in [2.05, 4.69) is 16.3 Å². The van der Waals surface area contributed by atoms with Gasteiger partial charge in [-0.3, -0.25) is 4.79 Å². The van der Waals surface area contributed by atoms with E-state index in [-0.39, 0.29) is 11.8 Å². The number of nitriles is 1. The second-order valence-electron chi connectivity index (χ2n) is 5.92. The van der Waals surface area contributed by atoms with E-state index in [1.54, 1.807) is 30.3 Å². The molecule has 3 rings (SSSR count). The Labute approximate surface area is 140 Å². The zero-order valence-electron chi connectivity index (χ0n) is 13.5. The van der Waals surface area contributed by atoms with Gasteiger partial charge in [-0.1, -0.05) is 6.07 Å². The molecule has 6 nitrogen and oxygen atoms in total. The molecular weight excluding hydrogens is 304 g/mol.